The first kappa shape index (κ1) is 14.0. The van der Waals surface area contributed by atoms with Crippen molar-refractivity contribution in [1.29, 1.82) is 0 Å². The highest BCUT2D eigenvalue weighted by Gasteiger charge is 2.21. The van der Waals surface area contributed by atoms with Crippen molar-refractivity contribution < 1.29 is 9.47 Å². The Hall–Kier alpha value is -0.930. The van der Waals surface area contributed by atoms with Gasteiger partial charge in [-0.25, -0.2) is 0 Å². The Morgan fingerprint density at radius 1 is 1.25 bits per heavy atom. The second-order valence-corrected chi connectivity index (χ2v) is 6.29. The SMILES string of the molecule is C[C@H](NCc1cc(Cl)c2c(c1)OCO2)C1CCCCC1. The zero-order valence-corrected chi connectivity index (χ0v) is 12.7. The molecule has 1 atom stereocenters. The van der Waals surface area contributed by atoms with E-state index in [1.54, 1.807) is 0 Å². The van der Waals surface area contributed by atoms with Crippen LogP contribution >= 0.6 is 11.6 Å². The molecule has 1 heterocycles. The summed E-state index contributed by atoms with van der Waals surface area (Å²) >= 11 is 6.21. The van der Waals surface area contributed by atoms with Gasteiger partial charge in [-0.15, -0.1) is 0 Å². The maximum atomic E-state index is 6.21. The van der Waals surface area contributed by atoms with Crippen molar-refractivity contribution in [1.82, 2.24) is 5.32 Å². The van der Waals surface area contributed by atoms with Gasteiger partial charge in [0.2, 0.25) is 6.79 Å². The topological polar surface area (TPSA) is 30.5 Å². The van der Waals surface area contributed by atoms with Crippen LogP contribution in [0.1, 0.15) is 44.6 Å². The Morgan fingerprint density at radius 2 is 2.05 bits per heavy atom. The van der Waals surface area contributed by atoms with Gasteiger partial charge in [0.1, 0.15) is 0 Å². The summed E-state index contributed by atoms with van der Waals surface area (Å²) in [6.07, 6.45) is 6.88. The lowest BCUT2D eigenvalue weighted by Gasteiger charge is -2.28. The summed E-state index contributed by atoms with van der Waals surface area (Å²) in [5, 5.41) is 4.27. The molecule has 0 radical (unpaired) electrons. The standard InChI is InChI=1S/C16H22ClNO2/c1-11(13-5-3-2-4-6-13)18-9-12-7-14(17)16-15(8-12)19-10-20-16/h7-8,11,13,18H,2-6,9-10H2,1H3/t11-/m0/s1. The molecule has 0 bridgehead atoms. The molecule has 3 nitrogen and oxygen atoms in total. The van der Waals surface area contributed by atoms with Gasteiger partial charge in [-0.05, 0) is 43.4 Å². The van der Waals surface area contributed by atoms with Crippen LogP contribution in [0.25, 0.3) is 0 Å². The molecule has 3 rings (SSSR count). The molecule has 0 spiro atoms. The van der Waals surface area contributed by atoms with E-state index in [0.717, 1.165) is 23.8 Å². The summed E-state index contributed by atoms with van der Waals surface area (Å²) in [6, 6.07) is 4.55. The number of benzene rings is 1. The van der Waals surface area contributed by atoms with Crippen molar-refractivity contribution in [2.75, 3.05) is 6.79 Å². The van der Waals surface area contributed by atoms with E-state index < -0.39 is 0 Å². The summed E-state index contributed by atoms with van der Waals surface area (Å²) < 4.78 is 10.7. The molecule has 0 unspecified atom stereocenters. The predicted octanol–water partition coefficient (Wildman–Crippen LogP) is 4.13. The minimum absolute atomic E-state index is 0.268. The molecule has 0 amide bonds. The molecule has 1 aromatic rings. The van der Waals surface area contributed by atoms with E-state index in [1.165, 1.54) is 32.1 Å². The van der Waals surface area contributed by atoms with E-state index in [-0.39, 0.29) is 6.79 Å². The third-order valence-corrected chi connectivity index (χ3v) is 4.75. The second kappa shape index (κ2) is 6.23. The number of halogens is 1. The van der Waals surface area contributed by atoms with E-state index in [9.17, 15) is 0 Å². The van der Waals surface area contributed by atoms with Crippen LogP contribution < -0.4 is 14.8 Å². The number of fused-ring (bicyclic) bond motifs is 1. The van der Waals surface area contributed by atoms with E-state index in [0.29, 0.717) is 16.8 Å². The van der Waals surface area contributed by atoms with E-state index >= 15 is 0 Å². The van der Waals surface area contributed by atoms with E-state index in [1.807, 2.05) is 12.1 Å². The lowest BCUT2D eigenvalue weighted by Crippen LogP contribution is -2.34. The lowest BCUT2D eigenvalue weighted by atomic mass is 9.84. The second-order valence-electron chi connectivity index (χ2n) is 5.88. The quantitative estimate of drug-likeness (QED) is 0.906. The van der Waals surface area contributed by atoms with Crippen LogP contribution in [0.4, 0.5) is 0 Å². The van der Waals surface area contributed by atoms with Crippen molar-refractivity contribution in [2.45, 2.75) is 51.6 Å². The van der Waals surface area contributed by atoms with Crippen LogP contribution in [0.15, 0.2) is 12.1 Å². The Morgan fingerprint density at radius 3 is 2.85 bits per heavy atom. The van der Waals surface area contributed by atoms with Crippen LogP contribution in [0, 0.1) is 5.92 Å². The fourth-order valence-electron chi connectivity index (χ4n) is 3.20. The largest absolute Gasteiger partial charge is 0.454 e. The predicted molar refractivity (Wildman–Crippen MR) is 80.5 cm³/mol. The number of hydrogen-bond acceptors (Lipinski definition) is 3. The van der Waals surface area contributed by atoms with Gasteiger partial charge >= 0.3 is 0 Å². The van der Waals surface area contributed by atoms with E-state index in [4.69, 9.17) is 21.1 Å². The maximum absolute atomic E-state index is 6.21. The van der Waals surface area contributed by atoms with Gasteiger partial charge < -0.3 is 14.8 Å². The van der Waals surface area contributed by atoms with Crippen molar-refractivity contribution in [3.8, 4) is 11.5 Å². The van der Waals surface area contributed by atoms with Gasteiger partial charge in [-0.3, -0.25) is 0 Å². The Balaban J connectivity index is 1.59. The molecule has 0 saturated heterocycles. The summed E-state index contributed by atoms with van der Waals surface area (Å²) in [5.74, 6) is 2.25. The zero-order chi connectivity index (χ0) is 13.9. The van der Waals surface area contributed by atoms with Crippen molar-refractivity contribution in [2.24, 2.45) is 5.92 Å². The molecule has 2 aliphatic rings. The number of rotatable bonds is 4. The maximum Gasteiger partial charge on any atom is 0.231 e. The highest BCUT2D eigenvalue weighted by Crippen LogP contribution is 2.39. The summed E-state index contributed by atoms with van der Waals surface area (Å²) in [4.78, 5) is 0. The average molecular weight is 296 g/mol. The fourth-order valence-corrected chi connectivity index (χ4v) is 3.49. The molecule has 1 saturated carbocycles. The lowest BCUT2D eigenvalue weighted by molar-refractivity contribution is 0.174. The van der Waals surface area contributed by atoms with Crippen LogP contribution in [-0.4, -0.2) is 12.8 Å². The molecular weight excluding hydrogens is 274 g/mol. The molecule has 1 fully saturated rings. The number of hydrogen-bond donors (Lipinski definition) is 1. The van der Waals surface area contributed by atoms with Crippen LogP contribution in [0.5, 0.6) is 11.5 Å². The summed E-state index contributed by atoms with van der Waals surface area (Å²) in [5.41, 5.74) is 1.15. The van der Waals surface area contributed by atoms with Crippen LogP contribution in [0.3, 0.4) is 0 Å². The molecule has 4 heteroatoms. The first-order chi connectivity index (χ1) is 9.74. The smallest absolute Gasteiger partial charge is 0.231 e. The Bertz CT molecular complexity index is 472. The van der Waals surface area contributed by atoms with Crippen molar-refractivity contribution in [3.63, 3.8) is 0 Å². The van der Waals surface area contributed by atoms with Gasteiger partial charge in [-0.1, -0.05) is 30.9 Å². The molecule has 110 valence electrons. The molecule has 0 aromatic heterocycles. The number of nitrogens with one attached hydrogen (secondary N) is 1. The van der Waals surface area contributed by atoms with Gasteiger partial charge in [0.15, 0.2) is 11.5 Å². The van der Waals surface area contributed by atoms with Gasteiger partial charge in [0, 0.05) is 12.6 Å². The third kappa shape index (κ3) is 3.04. The highest BCUT2D eigenvalue weighted by atomic mass is 35.5. The fraction of sp³-hybridized carbons (Fsp3) is 0.625. The third-order valence-electron chi connectivity index (χ3n) is 4.47. The molecule has 1 aromatic carbocycles. The minimum Gasteiger partial charge on any atom is -0.454 e. The molecular formula is C16H22ClNO2. The van der Waals surface area contributed by atoms with Crippen molar-refractivity contribution >= 4 is 11.6 Å². The van der Waals surface area contributed by atoms with Crippen LogP contribution in [0.2, 0.25) is 5.02 Å². The molecule has 20 heavy (non-hydrogen) atoms. The zero-order valence-electron chi connectivity index (χ0n) is 12.0. The van der Waals surface area contributed by atoms with Gasteiger partial charge in [0.25, 0.3) is 0 Å². The van der Waals surface area contributed by atoms with Crippen molar-refractivity contribution in [3.05, 3.63) is 22.7 Å². The van der Waals surface area contributed by atoms with Crippen LogP contribution in [-0.2, 0) is 6.54 Å². The first-order valence-electron chi connectivity index (χ1n) is 7.55. The first-order valence-corrected chi connectivity index (χ1v) is 7.93. The molecule has 1 N–H and O–H groups in total. The van der Waals surface area contributed by atoms with E-state index in [2.05, 4.69) is 12.2 Å². The Labute approximate surface area is 125 Å². The monoisotopic (exact) mass is 295 g/mol. The van der Waals surface area contributed by atoms with Gasteiger partial charge in [-0.2, -0.15) is 0 Å². The summed E-state index contributed by atoms with van der Waals surface area (Å²) in [7, 11) is 0. The normalized spacial score (nSPS) is 20.1. The molecule has 1 aliphatic heterocycles. The highest BCUT2D eigenvalue weighted by molar-refractivity contribution is 6.32. The molecule has 1 aliphatic carbocycles. The van der Waals surface area contributed by atoms with Gasteiger partial charge in [0.05, 0.1) is 5.02 Å². The number of ether oxygens (including phenoxy) is 2. The Kier molecular flexibility index (Phi) is 4.37. The average Bonchev–Trinajstić information content (AvgIpc) is 2.94. The summed E-state index contributed by atoms with van der Waals surface area (Å²) in [6.45, 7) is 3.39. The minimum atomic E-state index is 0.268.